The average molecular weight is 276 g/mol. The van der Waals surface area contributed by atoms with Crippen molar-refractivity contribution in [3.05, 3.63) is 24.3 Å². The largest absolute Gasteiger partial charge is 0.461 e. The summed E-state index contributed by atoms with van der Waals surface area (Å²) in [6, 6.07) is 3.53. The minimum atomic E-state index is 0.129. The molecule has 1 saturated heterocycles. The molecule has 0 radical (unpaired) electrons. The Labute approximate surface area is 115 Å². The Kier molecular flexibility index (Phi) is 3.78. The maximum Gasteiger partial charge on any atom is 0.238 e. The van der Waals surface area contributed by atoms with E-state index in [-0.39, 0.29) is 5.91 Å². The van der Waals surface area contributed by atoms with Crippen LogP contribution in [0.3, 0.4) is 0 Å². The minimum absolute atomic E-state index is 0.129. The van der Waals surface area contributed by atoms with E-state index in [1.165, 1.54) is 0 Å². The fourth-order valence-corrected chi connectivity index (χ4v) is 2.15. The lowest BCUT2D eigenvalue weighted by Gasteiger charge is -2.27. The standard InChI is InChI=1S/C13H16N4O3/c18-12(17-7-5-14-6-8-17)4-3-11-15-13(16-20-11)10-2-1-9-19-10/h1-2,9,14H,3-8H2. The molecule has 3 rings (SSSR count). The lowest BCUT2D eigenvalue weighted by Crippen LogP contribution is -2.46. The second kappa shape index (κ2) is 5.87. The maximum atomic E-state index is 12.0. The van der Waals surface area contributed by atoms with E-state index in [2.05, 4.69) is 15.5 Å². The van der Waals surface area contributed by atoms with Crippen LogP contribution < -0.4 is 5.32 Å². The highest BCUT2D eigenvalue weighted by Gasteiger charge is 2.17. The van der Waals surface area contributed by atoms with Gasteiger partial charge in [0.25, 0.3) is 0 Å². The molecule has 2 aromatic heterocycles. The SMILES string of the molecule is O=C(CCc1nc(-c2ccco2)no1)N1CCNCC1. The van der Waals surface area contributed by atoms with Crippen molar-refractivity contribution in [2.24, 2.45) is 0 Å². The summed E-state index contributed by atoms with van der Waals surface area (Å²) in [7, 11) is 0. The zero-order valence-corrected chi connectivity index (χ0v) is 11.0. The Morgan fingerprint density at radius 1 is 1.40 bits per heavy atom. The molecule has 1 aliphatic heterocycles. The smallest absolute Gasteiger partial charge is 0.238 e. The zero-order chi connectivity index (χ0) is 13.8. The Morgan fingerprint density at radius 3 is 3.00 bits per heavy atom. The van der Waals surface area contributed by atoms with Crippen LogP contribution in [-0.4, -0.2) is 47.1 Å². The van der Waals surface area contributed by atoms with Gasteiger partial charge in [0, 0.05) is 39.0 Å². The number of hydrogen-bond donors (Lipinski definition) is 1. The second-order valence-electron chi connectivity index (χ2n) is 4.62. The first-order valence-electron chi connectivity index (χ1n) is 6.68. The molecule has 0 unspecified atom stereocenters. The van der Waals surface area contributed by atoms with Gasteiger partial charge in [-0.3, -0.25) is 4.79 Å². The number of aromatic nitrogens is 2. The molecule has 0 aliphatic carbocycles. The van der Waals surface area contributed by atoms with E-state index in [9.17, 15) is 4.79 Å². The van der Waals surface area contributed by atoms with Crippen LogP contribution in [0.2, 0.25) is 0 Å². The highest BCUT2D eigenvalue weighted by atomic mass is 16.5. The summed E-state index contributed by atoms with van der Waals surface area (Å²) in [5, 5.41) is 7.05. The normalized spacial score (nSPS) is 15.5. The maximum absolute atomic E-state index is 12.0. The van der Waals surface area contributed by atoms with E-state index < -0.39 is 0 Å². The second-order valence-corrected chi connectivity index (χ2v) is 4.62. The van der Waals surface area contributed by atoms with Crippen LogP contribution in [0.1, 0.15) is 12.3 Å². The lowest BCUT2D eigenvalue weighted by atomic mass is 10.2. The fourth-order valence-electron chi connectivity index (χ4n) is 2.15. The van der Waals surface area contributed by atoms with Gasteiger partial charge in [0.2, 0.25) is 17.6 Å². The van der Waals surface area contributed by atoms with Crippen molar-refractivity contribution in [3.63, 3.8) is 0 Å². The summed E-state index contributed by atoms with van der Waals surface area (Å²) in [6.07, 6.45) is 2.40. The molecule has 1 N–H and O–H groups in total. The number of amides is 1. The molecular formula is C13H16N4O3. The summed E-state index contributed by atoms with van der Waals surface area (Å²) < 4.78 is 10.3. The van der Waals surface area contributed by atoms with E-state index in [1.807, 2.05) is 4.90 Å². The van der Waals surface area contributed by atoms with Gasteiger partial charge >= 0.3 is 0 Å². The van der Waals surface area contributed by atoms with Crippen LogP contribution in [0.15, 0.2) is 27.3 Å². The number of rotatable bonds is 4. The van der Waals surface area contributed by atoms with E-state index in [1.54, 1.807) is 18.4 Å². The number of nitrogens with one attached hydrogen (secondary N) is 1. The number of furan rings is 1. The number of piperazine rings is 1. The van der Waals surface area contributed by atoms with Crippen molar-refractivity contribution in [1.29, 1.82) is 0 Å². The number of aryl methyl sites for hydroxylation is 1. The van der Waals surface area contributed by atoms with Crippen molar-refractivity contribution in [2.75, 3.05) is 26.2 Å². The first-order valence-corrected chi connectivity index (χ1v) is 6.68. The van der Waals surface area contributed by atoms with Gasteiger partial charge in [-0.25, -0.2) is 0 Å². The van der Waals surface area contributed by atoms with Gasteiger partial charge in [0.1, 0.15) is 0 Å². The molecule has 20 heavy (non-hydrogen) atoms. The molecule has 2 aromatic rings. The summed E-state index contributed by atoms with van der Waals surface area (Å²) in [4.78, 5) is 18.1. The Bertz CT molecular complexity index is 558. The Morgan fingerprint density at radius 2 is 2.25 bits per heavy atom. The lowest BCUT2D eigenvalue weighted by molar-refractivity contribution is -0.131. The van der Waals surface area contributed by atoms with Crippen molar-refractivity contribution >= 4 is 5.91 Å². The highest BCUT2D eigenvalue weighted by Crippen LogP contribution is 2.16. The summed E-state index contributed by atoms with van der Waals surface area (Å²) in [5.74, 6) is 1.57. The van der Waals surface area contributed by atoms with Crippen molar-refractivity contribution in [3.8, 4) is 11.6 Å². The molecule has 0 bridgehead atoms. The Hall–Kier alpha value is -2.15. The molecule has 0 saturated carbocycles. The van der Waals surface area contributed by atoms with E-state index in [0.29, 0.717) is 30.3 Å². The molecule has 0 aromatic carbocycles. The third-order valence-electron chi connectivity index (χ3n) is 3.23. The average Bonchev–Trinajstić information content (AvgIpc) is 3.16. The predicted molar refractivity (Wildman–Crippen MR) is 69.8 cm³/mol. The van der Waals surface area contributed by atoms with Gasteiger partial charge in [-0.1, -0.05) is 5.16 Å². The zero-order valence-electron chi connectivity index (χ0n) is 11.0. The van der Waals surface area contributed by atoms with Crippen molar-refractivity contribution in [2.45, 2.75) is 12.8 Å². The summed E-state index contributed by atoms with van der Waals surface area (Å²) in [6.45, 7) is 3.24. The van der Waals surface area contributed by atoms with E-state index in [4.69, 9.17) is 8.94 Å². The van der Waals surface area contributed by atoms with Gasteiger partial charge in [0.05, 0.1) is 6.26 Å². The molecule has 7 heteroatoms. The molecule has 7 nitrogen and oxygen atoms in total. The van der Waals surface area contributed by atoms with Crippen LogP contribution in [0.5, 0.6) is 0 Å². The first-order chi connectivity index (χ1) is 9.83. The third kappa shape index (κ3) is 2.88. The number of carbonyl (C=O) groups is 1. The molecule has 1 amide bonds. The molecule has 1 aliphatic rings. The topological polar surface area (TPSA) is 84.4 Å². The van der Waals surface area contributed by atoms with Gasteiger partial charge in [-0.15, -0.1) is 0 Å². The van der Waals surface area contributed by atoms with Crippen LogP contribution in [-0.2, 0) is 11.2 Å². The van der Waals surface area contributed by atoms with Gasteiger partial charge < -0.3 is 19.2 Å². The monoisotopic (exact) mass is 276 g/mol. The van der Waals surface area contributed by atoms with Gasteiger partial charge in [0.15, 0.2) is 5.76 Å². The Balaban J connectivity index is 1.54. The molecule has 106 valence electrons. The molecular weight excluding hydrogens is 260 g/mol. The number of nitrogens with zero attached hydrogens (tertiary/aromatic N) is 3. The number of hydrogen-bond acceptors (Lipinski definition) is 6. The third-order valence-corrected chi connectivity index (χ3v) is 3.23. The quantitative estimate of drug-likeness (QED) is 0.884. The summed E-state index contributed by atoms with van der Waals surface area (Å²) >= 11 is 0. The van der Waals surface area contributed by atoms with Crippen LogP contribution in [0.25, 0.3) is 11.6 Å². The van der Waals surface area contributed by atoms with Crippen molar-refractivity contribution in [1.82, 2.24) is 20.4 Å². The molecule has 1 fully saturated rings. The first kappa shape index (κ1) is 12.9. The van der Waals surface area contributed by atoms with Crippen molar-refractivity contribution < 1.29 is 13.7 Å². The molecule has 0 atom stereocenters. The van der Waals surface area contributed by atoms with Crippen LogP contribution in [0.4, 0.5) is 0 Å². The highest BCUT2D eigenvalue weighted by molar-refractivity contribution is 5.76. The van der Waals surface area contributed by atoms with Gasteiger partial charge in [-0.2, -0.15) is 4.98 Å². The number of carbonyl (C=O) groups excluding carboxylic acids is 1. The fraction of sp³-hybridized carbons (Fsp3) is 0.462. The molecule has 3 heterocycles. The van der Waals surface area contributed by atoms with Crippen LogP contribution >= 0.6 is 0 Å². The minimum Gasteiger partial charge on any atom is -0.461 e. The molecule has 0 spiro atoms. The predicted octanol–water partition coefficient (Wildman–Crippen LogP) is 0.694. The van der Waals surface area contributed by atoms with E-state index >= 15 is 0 Å². The van der Waals surface area contributed by atoms with Gasteiger partial charge in [-0.05, 0) is 12.1 Å². The summed E-state index contributed by atoms with van der Waals surface area (Å²) in [5.41, 5.74) is 0. The van der Waals surface area contributed by atoms with E-state index in [0.717, 1.165) is 26.2 Å². The van der Waals surface area contributed by atoms with Crippen LogP contribution in [0, 0.1) is 0 Å².